The Morgan fingerprint density at radius 2 is 2.25 bits per heavy atom. The van der Waals surface area contributed by atoms with E-state index in [1.807, 2.05) is 19.9 Å². The molecule has 2 aromatic rings. The number of amides is 1. The quantitative estimate of drug-likeness (QED) is 0.722. The van der Waals surface area contributed by atoms with Crippen LogP contribution in [-0.4, -0.2) is 35.9 Å². The summed E-state index contributed by atoms with van der Waals surface area (Å²) in [6.45, 7) is 4.53. The van der Waals surface area contributed by atoms with Crippen LogP contribution in [0.2, 0.25) is 0 Å². The Kier molecular flexibility index (Phi) is 4.24. The Hall–Kier alpha value is -2.08. The summed E-state index contributed by atoms with van der Waals surface area (Å²) in [5.41, 5.74) is 7.50. The Bertz CT molecular complexity index is 606. The number of nitrogens with two attached hydrogens (primary N) is 1. The molecular weight excluding hydrogens is 256 g/mol. The molecule has 108 valence electrons. The maximum absolute atomic E-state index is 12.3. The Labute approximate surface area is 117 Å². The zero-order chi connectivity index (χ0) is 14.7. The first-order chi connectivity index (χ1) is 9.52. The van der Waals surface area contributed by atoms with Gasteiger partial charge in [-0.15, -0.1) is 0 Å². The summed E-state index contributed by atoms with van der Waals surface area (Å²) < 4.78 is 5.13. The number of rotatable bonds is 5. The van der Waals surface area contributed by atoms with E-state index in [1.54, 1.807) is 19.2 Å². The van der Waals surface area contributed by atoms with Crippen molar-refractivity contribution in [3.05, 3.63) is 23.9 Å². The van der Waals surface area contributed by atoms with Gasteiger partial charge in [-0.3, -0.25) is 9.89 Å². The number of methoxy groups -OCH3 is 1. The second kappa shape index (κ2) is 5.92. The molecule has 0 spiro atoms. The molecular formula is C14H20N4O2. The molecule has 20 heavy (non-hydrogen) atoms. The van der Waals surface area contributed by atoms with Crippen molar-refractivity contribution < 1.29 is 9.53 Å². The van der Waals surface area contributed by atoms with Crippen LogP contribution in [0.5, 0.6) is 0 Å². The maximum atomic E-state index is 12.3. The first kappa shape index (κ1) is 14.3. The number of nitrogens with zero attached hydrogens (tertiary/aromatic N) is 1. The molecule has 1 aromatic heterocycles. The van der Waals surface area contributed by atoms with Crippen LogP contribution in [0.1, 0.15) is 24.3 Å². The van der Waals surface area contributed by atoms with Crippen molar-refractivity contribution in [2.24, 2.45) is 5.92 Å². The predicted octanol–water partition coefficient (Wildman–Crippen LogP) is 1.55. The fraction of sp³-hybridized carbons (Fsp3) is 0.429. The summed E-state index contributed by atoms with van der Waals surface area (Å²) in [6.07, 6.45) is 0. The molecule has 0 saturated heterocycles. The first-order valence-electron chi connectivity index (χ1n) is 6.56. The largest absolute Gasteiger partial charge is 0.399 e. The Balaban J connectivity index is 2.24. The van der Waals surface area contributed by atoms with Gasteiger partial charge in [-0.05, 0) is 24.1 Å². The average molecular weight is 276 g/mol. The lowest BCUT2D eigenvalue weighted by Gasteiger charge is -2.20. The van der Waals surface area contributed by atoms with Crippen LogP contribution < -0.4 is 11.1 Å². The van der Waals surface area contributed by atoms with E-state index in [-0.39, 0.29) is 17.9 Å². The summed E-state index contributed by atoms with van der Waals surface area (Å²) in [5, 5.41) is 10.6. The number of H-pyrrole nitrogens is 1. The van der Waals surface area contributed by atoms with Crippen LogP contribution >= 0.6 is 0 Å². The molecule has 0 aliphatic carbocycles. The first-order valence-corrected chi connectivity index (χ1v) is 6.56. The molecule has 0 aliphatic heterocycles. The van der Waals surface area contributed by atoms with Gasteiger partial charge in [0.15, 0.2) is 5.69 Å². The molecule has 4 N–H and O–H groups in total. The van der Waals surface area contributed by atoms with Gasteiger partial charge in [-0.2, -0.15) is 5.10 Å². The molecule has 0 fully saturated rings. The highest BCUT2D eigenvalue weighted by atomic mass is 16.5. The van der Waals surface area contributed by atoms with E-state index in [0.29, 0.717) is 18.0 Å². The smallest absolute Gasteiger partial charge is 0.272 e. The number of nitrogens with one attached hydrogen (secondary N) is 2. The molecule has 2 rings (SSSR count). The highest BCUT2D eigenvalue weighted by Gasteiger charge is 2.20. The van der Waals surface area contributed by atoms with Crippen molar-refractivity contribution in [1.29, 1.82) is 0 Å². The number of ether oxygens (including phenoxy) is 1. The summed E-state index contributed by atoms with van der Waals surface area (Å²) in [4.78, 5) is 12.3. The average Bonchev–Trinajstić information content (AvgIpc) is 2.80. The number of aromatic amines is 1. The third-order valence-corrected chi connectivity index (χ3v) is 3.27. The molecule has 1 unspecified atom stereocenters. The molecule has 0 radical (unpaired) electrons. The lowest BCUT2D eigenvalue weighted by molar-refractivity contribution is 0.0863. The molecule has 6 nitrogen and oxygen atoms in total. The fourth-order valence-corrected chi connectivity index (χ4v) is 2.02. The van der Waals surface area contributed by atoms with Crippen molar-refractivity contribution in [2.75, 3.05) is 19.5 Å². The molecule has 1 atom stereocenters. The van der Waals surface area contributed by atoms with Gasteiger partial charge in [-0.1, -0.05) is 13.8 Å². The summed E-state index contributed by atoms with van der Waals surface area (Å²) in [6, 6.07) is 5.27. The van der Waals surface area contributed by atoms with Crippen molar-refractivity contribution >= 4 is 22.5 Å². The van der Waals surface area contributed by atoms with E-state index in [1.165, 1.54) is 0 Å². The summed E-state index contributed by atoms with van der Waals surface area (Å²) in [5.74, 6) is 0.0479. The van der Waals surface area contributed by atoms with Crippen LogP contribution in [-0.2, 0) is 4.74 Å². The third-order valence-electron chi connectivity index (χ3n) is 3.27. The molecule has 0 saturated carbocycles. The van der Waals surface area contributed by atoms with E-state index < -0.39 is 0 Å². The number of hydrogen-bond donors (Lipinski definition) is 3. The third kappa shape index (κ3) is 2.91. The number of hydrogen-bond acceptors (Lipinski definition) is 4. The molecule has 1 amide bonds. The number of benzene rings is 1. The highest BCUT2D eigenvalue weighted by Crippen LogP contribution is 2.19. The van der Waals surface area contributed by atoms with E-state index in [2.05, 4.69) is 15.5 Å². The molecule has 0 bridgehead atoms. The van der Waals surface area contributed by atoms with E-state index in [4.69, 9.17) is 10.5 Å². The minimum Gasteiger partial charge on any atom is -0.399 e. The molecule has 1 heterocycles. The van der Waals surface area contributed by atoms with Crippen LogP contribution in [0.25, 0.3) is 10.9 Å². The fourth-order valence-electron chi connectivity index (χ4n) is 2.02. The minimum absolute atomic E-state index is 0.0553. The summed E-state index contributed by atoms with van der Waals surface area (Å²) in [7, 11) is 1.62. The van der Waals surface area contributed by atoms with Crippen LogP contribution in [0, 0.1) is 5.92 Å². The van der Waals surface area contributed by atoms with Gasteiger partial charge in [-0.25, -0.2) is 0 Å². The van der Waals surface area contributed by atoms with E-state index >= 15 is 0 Å². The zero-order valence-electron chi connectivity index (χ0n) is 11.9. The number of fused-ring (bicyclic) bond motifs is 1. The van der Waals surface area contributed by atoms with Crippen LogP contribution in [0.15, 0.2) is 18.2 Å². The molecule has 1 aromatic carbocycles. The van der Waals surface area contributed by atoms with Gasteiger partial charge in [0.25, 0.3) is 5.91 Å². The predicted molar refractivity (Wildman–Crippen MR) is 78.5 cm³/mol. The monoisotopic (exact) mass is 276 g/mol. The normalized spacial score (nSPS) is 12.8. The van der Waals surface area contributed by atoms with Gasteiger partial charge in [0.2, 0.25) is 0 Å². The van der Waals surface area contributed by atoms with Gasteiger partial charge in [0.1, 0.15) is 0 Å². The van der Waals surface area contributed by atoms with Crippen molar-refractivity contribution in [2.45, 2.75) is 19.9 Å². The van der Waals surface area contributed by atoms with E-state index in [9.17, 15) is 4.79 Å². The van der Waals surface area contributed by atoms with E-state index in [0.717, 1.165) is 10.9 Å². The van der Waals surface area contributed by atoms with Crippen LogP contribution in [0.3, 0.4) is 0 Å². The maximum Gasteiger partial charge on any atom is 0.272 e. The SMILES string of the molecule is COCC(NC(=O)c1n[nH]c2ccc(N)cc12)C(C)C. The lowest BCUT2D eigenvalue weighted by Crippen LogP contribution is -2.41. The molecule has 0 aliphatic rings. The number of carbonyl (C=O) groups is 1. The van der Waals surface area contributed by atoms with Gasteiger partial charge < -0.3 is 15.8 Å². The lowest BCUT2D eigenvalue weighted by atomic mass is 10.0. The van der Waals surface area contributed by atoms with Crippen molar-refractivity contribution in [3.63, 3.8) is 0 Å². The van der Waals surface area contributed by atoms with Crippen molar-refractivity contribution in [1.82, 2.24) is 15.5 Å². The number of nitrogen functional groups attached to an aromatic ring is 1. The Morgan fingerprint density at radius 1 is 1.50 bits per heavy atom. The second-order valence-corrected chi connectivity index (χ2v) is 5.16. The number of aromatic nitrogens is 2. The molecule has 6 heteroatoms. The standard InChI is InChI=1S/C14H20N4O2/c1-8(2)12(7-20-3)16-14(19)13-10-6-9(15)4-5-11(10)17-18-13/h4-6,8,12H,7,15H2,1-3H3,(H,16,19)(H,17,18). The van der Waals surface area contributed by atoms with Gasteiger partial charge in [0.05, 0.1) is 18.2 Å². The van der Waals surface area contributed by atoms with Gasteiger partial charge in [0, 0.05) is 18.2 Å². The second-order valence-electron chi connectivity index (χ2n) is 5.16. The van der Waals surface area contributed by atoms with Crippen molar-refractivity contribution in [3.8, 4) is 0 Å². The highest BCUT2D eigenvalue weighted by molar-refractivity contribution is 6.05. The summed E-state index contributed by atoms with van der Waals surface area (Å²) >= 11 is 0. The zero-order valence-corrected chi connectivity index (χ0v) is 11.9. The number of anilines is 1. The number of carbonyl (C=O) groups excluding carboxylic acids is 1. The minimum atomic E-state index is -0.224. The van der Waals surface area contributed by atoms with Gasteiger partial charge >= 0.3 is 0 Å². The topological polar surface area (TPSA) is 93.0 Å². The Morgan fingerprint density at radius 3 is 2.90 bits per heavy atom. The van der Waals surface area contributed by atoms with Crippen LogP contribution in [0.4, 0.5) is 5.69 Å².